The van der Waals surface area contributed by atoms with E-state index in [1.807, 2.05) is 0 Å². The van der Waals surface area contributed by atoms with Gasteiger partial charge in [0.2, 0.25) is 5.91 Å². The van der Waals surface area contributed by atoms with Crippen LogP contribution in [0, 0.1) is 0 Å². The average Bonchev–Trinajstić information content (AvgIpc) is 3.03. The number of alkyl halides is 2. The average molecular weight is 340 g/mol. The molecule has 0 aliphatic heterocycles. The Labute approximate surface area is 135 Å². The molecule has 2 rings (SSSR count). The molecule has 2 aromatic rings. The first kappa shape index (κ1) is 16.9. The molecule has 2 N–H and O–H groups in total. The fourth-order valence-corrected chi connectivity index (χ4v) is 2.41. The summed E-state index contributed by atoms with van der Waals surface area (Å²) in [6.07, 6.45) is 0.0140. The number of rotatable bonds is 7. The highest BCUT2D eigenvalue weighted by Gasteiger charge is 2.12. The highest BCUT2D eigenvalue weighted by Crippen LogP contribution is 2.25. The van der Waals surface area contributed by atoms with Crippen LogP contribution in [0.3, 0.4) is 0 Å². The second-order valence-electron chi connectivity index (χ2n) is 4.41. The fourth-order valence-electron chi connectivity index (χ4n) is 1.77. The summed E-state index contributed by atoms with van der Waals surface area (Å²) in [5.74, 6) is -0.783. The normalized spacial score (nSPS) is 10.4. The number of carbonyl (C=O) groups is 2. The van der Waals surface area contributed by atoms with Crippen LogP contribution in [0.2, 0.25) is 0 Å². The number of benzene rings is 1. The number of para-hydroxylation sites is 2. The Hall–Kier alpha value is -2.48. The van der Waals surface area contributed by atoms with E-state index in [0.717, 1.165) is 0 Å². The van der Waals surface area contributed by atoms with Gasteiger partial charge in [-0.1, -0.05) is 18.2 Å². The van der Waals surface area contributed by atoms with Crippen LogP contribution in [0.5, 0.6) is 5.75 Å². The van der Waals surface area contributed by atoms with E-state index < -0.39 is 12.5 Å². The van der Waals surface area contributed by atoms with Crippen molar-refractivity contribution in [2.75, 3.05) is 11.9 Å². The van der Waals surface area contributed by atoms with Crippen molar-refractivity contribution in [3.8, 4) is 5.75 Å². The van der Waals surface area contributed by atoms with Crippen LogP contribution in [0.25, 0.3) is 0 Å². The first-order valence-electron chi connectivity index (χ1n) is 6.71. The topological polar surface area (TPSA) is 67.4 Å². The third-order valence-corrected chi connectivity index (χ3v) is 3.63. The van der Waals surface area contributed by atoms with Gasteiger partial charge in [0, 0.05) is 13.0 Å². The number of nitrogens with one attached hydrogen (secondary N) is 2. The molecule has 0 bridgehead atoms. The van der Waals surface area contributed by atoms with Gasteiger partial charge in [-0.3, -0.25) is 9.59 Å². The van der Waals surface area contributed by atoms with E-state index in [-0.39, 0.29) is 30.3 Å². The van der Waals surface area contributed by atoms with Crippen molar-refractivity contribution in [2.24, 2.45) is 0 Å². The number of halogens is 2. The zero-order valence-electron chi connectivity index (χ0n) is 11.9. The number of amides is 2. The predicted molar refractivity (Wildman–Crippen MR) is 83.0 cm³/mol. The number of hydrogen-bond donors (Lipinski definition) is 2. The van der Waals surface area contributed by atoms with E-state index >= 15 is 0 Å². The molecule has 0 saturated heterocycles. The van der Waals surface area contributed by atoms with Gasteiger partial charge < -0.3 is 15.4 Å². The van der Waals surface area contributed by atoms with Crippen LogP contribution in [0.4, 0.5) is 14.5 Å². The molecule has 1 heterocycles. The third kappa shape index (κ3) is 5.33. The first-order valence-corrected chi connectivity index (χ1v) is 7.59. The minimum atomic E-state index is -2.97. The minimum absolute atomic E-state index is 0.0140. The van der Waals surface area contributed by atoms with Crippen LogP contribution in [0.1, 0.15) is 16.1 Å². The predicted octanol–water partition coefficient (Wildman–Crippen LogP) is 3.11. The standard InChI is InChI=1S/C15H14F2N2O3S/c16-15(17)22-11-5-2-1-4-10(11)19-13(20)7-8-18-14(21)12-6-3-9-23-12/h1-6,9,15H,7-8H2,(H,18,21)(H,19,20). The summed E-state index contributed by atoms with van der Waals surface area (Å²) in [4.78, 5) is 24.1. The molecule has 0 unspecified atom stereocenters. The van der Waals surface area contributed by atoms with E-state index in [0.29, 0.717) is 4.88 Å². The van der Waals surface area contributed by atoms with Gasteiger partial charge in [0.25, 0.3) is 5.91 Å². The molecule has 0 aliphatic carbocycles. The molecule has 5 nitrogen and oxygen atoms in total. The molecule has 23 heavy (non-hydrogen) atoms. The molecular formula is C15H14F2N2O3S. The molecule has 0 atom stereocenters. The van der Waals surface area contributed by atoms with Crippen LogP contribution in [-0.2, 0) is 4.79 Å². The third-order valence-electron chi connectivity index (χ3n) is 2.76. The van der Waals surface area contributed by atoms with E-state index in [4.69, 9.17) is 0 Å². The van der Waals surface area contributed by atoms with Crippen molar-refractivity contribution < 1.29 is 23.1 Å². The van der Waals surface area contributed by atoms with Gasteiger partial charge in [0.05, 0.1) is 10.6 Å². The molecule has 0 radical (unpaired) electrons. The van der Waals surface area contributed by atoms with Crippen molar-refractivity contribution in [1.29, 1.82) is 0 Å². The smallest absolute Gasteiger partial charge is 0.387 e. The lowest BCUT2D eigenvalue weighted by atomic mass is 10.2. The summed E-state index contributed by atoms with van der Waals surface area (Å²) in [6, 6.07) is 9.34. The molecule has 0 spiro atoms. The van der Waals surface area contributed by atoms with Gasteiger partial charge >= 0.3 is 6.61 Å². The van der Waals surface area contributed by atoms with E-state index in [1.54, 1.807) is 23.6 Å². The summed E-state index contributed by atoms with van der Waals surface area (Å²) in [5, 5.41) is 6.87. The zero-order valence-corrected chi connectivity index (χ0v) is 12.7. The van der Waals surface area contributed by atoms with Crippen LogP contribution < -0.4 is 15.4 Å². The molecule has 0 fully saturated rings. The Kier molecular flexibility index (Phi) is 6.04. The Bertz CT molecular complexity index is 663. The number of ether oxygens (including phenoxy) is 1. The SMILES string of the molecule is O=C(CCNC(=O)c1cccs1)Nc1ccccc1OC(F)F. The highest BCUT2D eigenvalue weighted by molar-refractivity contribution is 7.12. The molecular weight excluding hydrogens is 326 g/mol. The fraction of sp³-hybridized carbons (Fsp3) is 0.200. The number of hydrogen-bond acceptors (Lipinski definition) is 4. The molecule has 122 valence electrons. The molecule has 0 saturated carbocycles. The van der Waals surface area contributed by atoms with E-state index in [1.165, 1.54) is 29.5 Å². The Morgan fingerprint density at radius 3 is 2.65 bits per heavy atom. The molecule has 2 amide bonds. The molecule has 0 aliphatic rings. The van der Waals surface area contributed by atoms with Crippen molar-refractivity contribution in [3.05, 3.63) is 46.7 Å². The summed E-state index contributed by atoms with van der Waals surface area (Å²) in [7, 11) is 0. The van der Waals surface area contributed by atoms with Crippen molar-refractivity contribution in [2.45, 2.75) is 13.0 Å². The number of thiophene rings is 1. The maximum absolute atomic E-state index is 12.3. The second-order valence-corrected chi connectivity index (χ2v) is 5.35. The number of carbonyl (C=O) groups excluding carboxylic acids is 2. The van der Waals surface area contributed by atoms with Crippen LogP contribution >= 0.6 is 11.3 Å². The lowest BCUT2D eigenvalue weighted by Crippen LogP contribution is -2.27. The molecule has 1 aromatic heterocycles. The maximum atomic E-state index is 12.3. The van der Waals surface area contributed by atoms with Crippen molar-refractivity contribution in [3.63, 3.8) is 0 Å². The quantitative estimate of drug-likeness (QED) is 0.814. The maximum Gasteiger partial charge on any atom is 0.387 e. The Morgan fingerprint density at radius 2 is 1.96 bits per heavy atom. The molecule has 1 aromatic carbocycles. The largest absolute Gasteiger partial charge is 0.433 e. The van der Waals surface area contributed by atoms with E-state index in [9.17, 15) is 18.4 Å². The minimum Gasteiger partial charge on any atom is -0.433 e. The van der Waals surface area contributed by atoms with Gasteiger partial charge in [-0.15, -0.1) is 11.3 Å². The molecule has 8 heteroatoms. The van der Waals surface area contributed by atoms with Gasteiger partial charge in [0.1, 0.15) is 5.75 Å². The highest BCUT2D eigenvalue weighted by atomic mass is 32.1. The van der Waals surface area contributed by atoms with E-state index in [2.05, 4.69) is 15.4 Å². The Morgan fingerprint density at radius 1 is 1.17 bits per heavy atom. The van der Waals surface area contributed by atoms with Crippen molar-refractivity contribution >= 4 is 28.8 Å². The zero-order chi connectivity index (χ0) is 16.7. The summed E-state index contributed by atoms with van der Waals surface area (Å²) >= 11 is 1.30. The van der Waals surface area contributed by atoms with Gasteiger partial charge in [-0.25, -0.2) is 0 Å². The van der Waals surface area contributed by atoms with Gasteiger partial charge in [0.15, 0.2) is 0 Å². The summed E-state index contributed by atoms with van der Waals surface area (Å²) in [6.45, 7) is -2.83. The van der Waals surface area contributed by atoms with Gasteiger partial charge in [-0.05, 0) is 23.6 Å². The van der Waals surface area contributed by atoms with Crippen LogP contribution in [0.15, 0.2) is 41.8 Å². The summed E-state index contributed by atoms with van der Waals surface area (Å²) in [5.41, 5.74) is 0.155. The lowest BCUT2D eigenvalue weighted by molar-refractivity contribution is -0.116. The van der Waals surface area contributed by atoms with Gasteiger partial charge in [-0.2, -0.15) is 8.78 Å². The summed E-state index contributed by atoms with van der Waals surface area (Å²) < 4.78 is 28.9. The first-order chi connectivity index (χ1) is 11.1. The monoisotopic (exact) mass is 340 g/mol. The Balaban J connectivity index is 1.82. The number of anilines is 1. The van der Waals surface area contributed by atoms with Crippen molar-refractivity contribution in [1.82, 2.24) is 5.32 Å². The van der Waals surface area contributed by atoms with Crippen LogP contribution in [-0.4, -0.2) is 25.0 Å². The lowest BCUT2D eigenvalue weighted by Gasteiger charge is -2.11. The second kappa shape index (κ2) is 8.23.